The van der Waals surface area contributed by atoms with E-state index in [2.05, 4.69) is 41.8 Å². The zero-order valence-corrected chi connectivity index (χ0v) is 21.8. The van der Waals surface area contributed by atoms with Crippen molar-refractivity contribution >= 4 is 22.5 Å². The fourth-order valence-corrected chi connectivity index (χ4v) is 5.85. The van der Waals surface area contributed by atoms with Crippen molar-refractivity contribution in [2.24, 2.45) is 0 Å². The summed E-state index contributed by atoms with van der Waals surface area (Å²) in [6, 6.07) is 12.7. The van der Waals surface area contributed by atoms with Crippen molar-refractivity contribution in [3.05, 3.63) is 64.8 Å². The van der Waals surface area contributed by atoms with E-state index in [0.717, 1.165) is 67.0 Å². The number of nitrogens with zero attached hydrogens (tertiary/aromatic N) is 6. The highest BCUT2D eigenvalue weighted by molar-refractivity contribution is 5.98. The van der Waals surface area contributed by atoms with Crippen LogP contribution in [0.25, 0.3) is 22.3 Å². The molecule has 4 N–H and O–H groups in total. The van der Waals surface area contributed by atoms with E-state index in [1.165, 1.54) is 19.2 Å². The number of nitrogens with two attached hydrogens (primary N) is 1. The van der Waals surface area contributed by atoms with Gasteiger partial charge in [0.2, 0.25) is 0 Å². The molecule has 0 spiro atoms. The zero-order valence-electron chi connectivity index (χ0n) is 21.8. The van der Waals surface area contributed by atoms with Gasteiger partial charge in [0.05, 0.1) is 11.4 Å². The number of benzene rings is 1. The van der Waals surface area contributed by atoms with Gasteiger partial charge in [-0.15, -0.1) is 0 Å². The maximum Gasteiger partial charge on any atom is 0.252 e. The quantitative estimate of drug-likeness (QED) is 0.360. The molecule has 0 radical (unpaired) electrons. The maximum absolute atomic E-state index is 11.9. The Kier molecular flexibility index (Phi) is 6.82. The highest BCUT2D eigenvalue weighted by Crippen LogP contribution is 2.37. The van der Waals surface area contributed by atoms with Gasteiger partial charge in [-0.25, -0.2) is 14.6 Å². The summed E-state index contributed by atoms with van der Waals surface area (Å²) in [4.78, 5) is 28.6. The molecule has 2 fully saturated rings. The zero-order chi connectivity index (χ0) is 26.1. The minimum absolute atomic E-state index is 0.0818. The number of fused-ring (bicyclic) bond motifs is 1. The molecule has 1 saturated carbocycles. The molecule has 4 aromatic rings. The van der Waals surface area contributed by atoms with Crippen LogP contribution in [0.4, 0.5) is 11.5 Å². The standard InChI is InChI=1S/C28H35N9O/c1-35-13-15-36(16-14-35)22-8-10-23(11-9-22)37-27-24(26(29)32-18-33-27)25(34-37)19-4-6-21(7-5-19)31-17-20-3-2-12-30-28(20)38/h2-7,12,18,22-23,31H,8-11,13-17H2,1H3,(H,30,38)(H2,29,32,33). The molecule has 1 aromatic carbocycles. The van der Waals surface area contributed by atoms with Crippen LogP contribution in [0, 0.1) is 0 Å². The lowest BCUT2D eigenvalue weighted by Crippen LogP contribution is -2.49. The molecule has 0 atom stereocenters. The number of hydrogen-bond acceptors (Lipinski definition) is 8. The Labute approximate surface area is 221 Å². The summed E-state index contributed by atoms with van der Waals surface area (Å²) in [6.07, 6.45) is 7.69. The van der Waals surface area contributed by atoms with Crippen LogP contribution < -0.4 is 16.6 Å². The van der Waals surface area contributed by atoms with E-state index in [1.807, 2.05) is 36.4 Å². The average molecular weight is 514 g/mol. The van der Waals surface area contributed by atoms with Crippen LogP contribution in [0.1, 0.15) is 37.3 Å². The minimum Gasteiger partial charge on any atom is -0.383 e. The Hall–Kier alpha value is -3.76. The molecule has 0 bridgehead atoms. The van der Waals surface area contributed by atoms with E-state index < -0.39 is 0 Å². The van der Waals surface area contributed by atoms with Gasteiger partial charge in [-0.05, 0) is 50.9 Å². The Balaban J connectivity index is 1.20. The Morgan fingerprint density at radius 1 is 1.00 bits per heavy atom. The number of nitrogen functional groups attached to an aromatic ring is 1. The van der Waals surface area contributed by atoms with Crippen molar-refractivity contribution in [2.45, 2.75) is 44.3 Å². The predicted octanol–water partition coefficient (Wildman–Crippen LogP) is 3.11. The molecule has 1 aliphatic heterocycles. The second-order valence-electron chi connectivity index (χ2n) is 10.5. The largest absolute Gasteiger partial charge is 0.383 e. The van der Waals surface area contributed by atoms with Gasteiger partial charge in [-0.3, -0.25) is 9.69 Å². The highest BCUT2D eigenvalue weighted by Gasteiger charge is 2.30. The number of likely N-dealkylation sites (N-methyl/N-ethyl adjacent to an activating group) is 1. The van der Waals surface area contributed by atoms with Crippen LogP contribution in [0.3, 0.4) is 0 Å². The van der Waals surface area contributed by atoms with E-state index in [4.69, 9.17) is 10.8 Å². The molecular formula is C28H35N9O. The van der Waals surface area contributed by atoms with Crippen LogP contribution in [0.15, 0.2) is 53.7 Å². The van der Waals surface area contributed by atoms with Gasteiger partial charge in [0.25, 0.3) is 5.56 Å². The highest BCUT2D eigenvalue weighted by atomic mass is 16.1. The third-order valence-corrected chi connectivity index (χ3v) is 8.13. The Morgan fingerprint density at radius 2 is 1.74 bits per heavy atom. The van der Waals surface area contributed by atoms with Crippen LogP contribution in [0.5, 0.6) is 0 Å². The van der Waals surface area contributed by atoms with E-state index in [1.54, 1.807) is 6.20 Å². The van der Waals surface area contributed by atoms with Gasteiger partial charge < -0.3 is 20.9 Å². The normalized spacial score (nSPS) is 21.1. The number of nitrogens with one attached hydrogen (secondary N) is 2. The van der Waals surface area contributed by atoms with Crippen molar-refractivity contribution in [1.29, 1.82) is 0 Å². The molecule has 0 unspecified atom stereocenters. The number of piperazine rings is 1. The SMILES string of the molecule is CN1CCN(C2CCC(n3nc(-c4ccc(NCc5ccc[nH]c5=O)cc4)c4c(N)ncnc43)CC2)CC1. The van der Waals surface area contributed by atoms with Gasteiger partial charge in [0, 0.05) is 61.8 Å². The monoisotopic (exact) mass is 513 g/mol. The van der Waals surface area contributed by atoms with Crippen molar-refractivity contribution in [3.63, 3.8) is 0 Å². The minimum atomic E-state index is -0.0818. The van der Waals surface area contributed by atoms with Gasteiger partial charge >= 0.3 is 0 Å². The van der Waals surface area contributed by atoms with E-state index in [-0.39, 0.29) is 5.56 Å². The second kappa shape index (κ2) is 10.5. The number of pyridine rings is 1. The molecule has 10 heteroatoms. The molecule has 1 saturated heterocycles. The molecule has 3 aromatic heterocycles. The first-order valence-electron chi connectivity index (χ1n) is 13.5. The lowest BCUT2D eigenvalue weighted by Gasteiger charge is -2.41. The molecule has 198 valence electrons. The maximum atomic E-state index is 11.9. The van der Waals surface area contributed by atoms with Crippen molar-refractivity contribution in [3.8, 4) is 11.3 Å². The number of aromatic amines is 1. The summed E-state index contributed by atoms with van der Waals surface area (Å²) in [7, 11) is 2.21. The van der Waals surface area contributed by atoms with Crippen LogP contribution >= 0.6 is 0 Å². The molecule has 6 rings (SSSR count). The molecule has 1 aliphatic carbocycles. The first kappa shape index (κ1) is 24.6. The molecule has 2 aliphatic rings. The summed E-state index contributed by atoms with van der Waals surface area (Å²) >= 11 is 0. The molecular weight excluding hydrogens is 478 g/mol. The number of aromatic nitrogens is 5. The molecule has 38 heavy (non-hydrogen) atoms. The van der Waals surface area contributed by atoms with E-state index in [0.29, 0.717) is 30.0 Å². The van der Waals surface area contributed by atoms with E-state index >= 15 is 0 Å². The van der Waals surface area contributed by atoms with Crippen molar-refractivity contribution in [2.75, 3.05) is 44.3 Å². The summed E-state index contributed by atoms with van der Waals surface area (Å²) in [6.45, 7) is 5.09. The number of rotatable bonds is 6. The molecule has 4 heterocycles. The average Bonchev–Trinajstić information content (AvgIpc) is 3.34. The van der Waals surface area contributed by atoms with Crippen molar-refractivity contribution < 1.29 is 0 Å². The first-order chi connectivity index (χ1) is 18.6. The lowest BCUT2D eigenvalue weighted by atomic mass is 9.90. The third kappa shape index (κ3) is 4.89. The lowest BCUT2D eigenvalue weighted by molar-refractivity contribution is 0.0815. The summed E-state index contributed by atoms with van der Waals surface area (Å²) in [5.41, 5.74) is 10.5. The molecule has 0 amide bonds. The first-order valence-corrected chi connectivity index (χ1v) is 13.5. The third-order valence-electron chi connectivity index (χ3n) is 8.13. The fourth-order valence-electron chi connectivity index (χ4n) is 5.85. The predicted molar refractivity (Wildman–Crippen MR) is 150 cm³/mol. The van der Waals surface area contributed by atoms with Gasteiger partial charge in [-0.1, -0.05) is 18.2 Å². The van der Waals surface area contributed by atoms with Crippen LogP contribution in [-0.2, 0) is 6.54 Å². The van der Waals surface area contributed by atoms with Crippen molar-refractivity contribution in [1.82, 2.24) is 34.5 Å². The summed E-state index contributed by atoms with van der Waals surface area (Å²) < 4.78 is 2.09. The number of hydrogen-bond donors (Lipinski definition) is 3. The van der Waals surface area contributed by atoms with Gasteiger partial charge in [-0.2, -0.15) is 5.10 Å². The second-order valence-corrected chi connectivity index (χ2v) is 10.5. The number of anilines is 2. The molecule has 10 nitrogen and oxygen atoms in total. The smallest absolute Gasteiger partial charge is 0.252 e. The fraction of sp³-hybridized carbons (Fsp3) is 0.429. The Morgan fingerprint density at radius 3 is 2.47 bits per heavy atom. The van der Waals surface area contributed by atoms with Gasteiger partial charge in [0.1, 0.15) is 17.8 Å². The summed E-state index contributed by atoms with van der Waals surface area (Å²) in [5.74, 6) is 0.452. The van der Waals surface area contributed by atoms with Crippen LogP contribution in [0.2, 0.25) is 0 Å². The number of H-pyrrole nitrogens is 1. The van der Waals surface area contributed by atoms with Crippen LogP contribution in [-0.4, -0.2) is 73.8 Å². The van der Waals surface area contributed by atoms with Gasteiger partial charge in [0.15, 0.2) is 5.65 Å². The topological polar surface area (TPSA) is 121 Å². The Bertz CT molecular complexity index is 1450. The summed E-state index contributed by atoms with van der Waals surface area (Å²) in [5, 5.41) is 9.20. The van der Waals surface area contributed by atoms with E-state index in [9.17, 15) is 4.79 Å².